The lowest BCUT2D eigenvalue weighted by Gasteiger charge is -2.36. The molecule has 208 valence electrons. The highest BCUT2D eigenvalue weighted by atomic mass is 31.2. The number of carbonyl (C=O) groups excluding carboxylic acids is 3. The van der Waals surface area contributed by atoms with Crippen LogP contribution < -0.4 is 0 Å². The second kappa shape index (κ2) is 13.9. The second-order valence-corrected chi connectivity index (χ2v) is 8.88. The van der Waals surface area contributed by atoms with E-state index in [-0.39, 0.29) is 47.0 Å². The predicted molar refractivity (Wildman–Crippen MR) is 131 cm³/mol. The minimum atomic E-state index is -2.81. The largest absolute Gasteiger partial charge is 0.460 e. The molecule has 0 spiro atoms. The molecule has 1 aromatic rings. The monoisotopic (exact) mass is 556 g/mol. The fraction of sp³-hybridized carbons (Fsp3) is 0.435. The van der Waals surface area contributed by atoms with Gasteiger partial charge < -0.3 is 28.7 Å². The molecule has 0 aliphatic carbocycles. The van der Waals surface area contributed by atoms with Gasteiger partial charge in [0.25, 0.3) is 5.69 Å². The van der Waals surface area contributed by atoms with E-state index in [0.29, 0.717) is 0 Å². The molecule has 1 atom stereocenters. The third kappa shape index (κ3) is 7.55. The van der Waals surface area contributed by atoms with E-state index in [4.69, 9.17) is 28.7 Å². The van der Waals surface area contributed by atoms with E-state index in [9.17, 15) is 24.5 Å². The molecule has 0 aromatic heterocycles. The van der Waals surface area contributed by atoms with Crippen molar-refractivity contribution >= 4 is 32.3 Å². The maximum Gasteiger partial charge on any atom is 0.420 e. The minimum absolute atomic E-state index is 0.00258. The van der Waals surface area contributed by atoms with E-state index in [1.165, 1.54) is 45.2 Å². The summed E-state index contributed by atoms with van der Waals surface area (Å²) in [6, 6.07) is 5.36. The molecule has 0 radical (unpaired) electrons. The van der Waals surface area contributed by atoms with E-state index >= 15 is 0 Å². The molecule has 1 amide bonds. The fourth-order valence-electron chi connectivity index (χ4n) is 3.77. The highest BCUT2D eigenvalue weighted by molar-refractivity contribution is 7.39. The summed E-state index contributed by atoms with van der Waals surface area (Å²) in [6.45, 7) is 5.09. The number of nitro benzene ring substituents is 1. The van der Waals surface area contributed by atoms with Crippen LogP contribution in [0.5, 0.6) is 0 Å². The first-order valence-corrected chi connectivity index (χ1v) is 12.4. The predicted octanol–water partition coefficient (Wildman–Crippen LogP) is 3.01. The Morgan fingerprint density at radius 3 is 2.26 bits per heavy atom. The molecule has 14 nitrogen and oxygen atoms in total. The van der Waals surface area contributed by atoms with Gasteiger partial charge >= 0.3 is 26.6 Å². The summed E-state index contributed by atoms with van der Waals surface area (Å²) >= 11 is 0. The quantitative estimate of drug-likeness (QED) is 0.0773. The van der Waals surface area contributed by atoms with Crippen molar-refractivity contribution in [1.82, 2.24) is 4.90 Å². The Balaban J connectivity index is 2.76. The van der Waals surface area contributed by atoms with Crippen molar-refractivity contribution in [3.8, 4) is 0 Å². The van der Waals surface area contributed by atoms with Gasteiger partial charge in [-0.2, -0.15) is 0 Å². The van der Waals surface area contributed by atoms with Gasteiger partial charge in [-0.05, 0) is 33.3 Å². The maximum absolute atomic E-state index is 13.4. The molecule has 0 saturated heterocycles. The van der Waals surface area contributed by atoms with Gasteiger partial charge in [0.1, 0.15) is 6.61 Å². The van der Waals surface area contributed by atoms with Gasteiger partial charge in [-0.25, -0.2) is 14.4 Å². The van der Waals surface area contributed by atoms with Crippen molar-refractivity contribution < 1.29 is 52.6 Å². The number of amides is 1. The molecule has 15 heteroatoms. The summed E-state index contributed by atoms with van der Waals surface area (Å²) < 4.78 is 25.0. The molecule has 1 aliphatic heterocycles. The Morgan fingerprint density at radius 2 is 1.71 bits per heavy atom. The number of nitrogens with zero attached hydrogens (tertiary/aromatic N) is 2. The molecular formula is C23H29N2O12P. The molecule has 0 saturated carbocycles. The average Bonchev–Trinajstić information content (AvgIpc) is 2.83. The average molecular weight is 556 g/mol. The lowest BCUT2D eigenvalue weighted by atomic mass is 9.79. The number of benzene rings is 1. The number of esters is 2. The van der Waals surface area contributed by atoms with Crippen LogP contribution in [0.2, 0.25) is 0 Å². The van der Waals surface area contributed by atoms with Crippen LogP contribution in [-0.2, 0) is 33.1 Å². The lowest BCUT2D eigenvalue weighted by molar-refractivity contribution is -0.384. The molecule has 2 rings (SSSR count). The SMILES string of the molecule is COCCOC(=O)C1=C(C)N(C(=O)OCOP(O)O)C(C)=C(C(=O)OC(C)C)C1c1cccc([N+](=O)[O-])c1. The molecular weight excluding hydrogens is 527 g/mol. The minimum Gasteiger partial charge on any atom is -0.460 e. The van der Waals surface area contributed by atoms with Gasteiger partial charge in [-0.15, -0.1) is 0 Å². The molecule has 1 unspecified atom stereocenters. The first-order valence-electron chi connectivity index (χ1n) is 11.2. The van der Waals surface area contributed by atoms with Gasteiger partial charge in [0.05, 0.1) is 34.7 Å². The second-order valence-electron chi connectivity index (χ2n) is 8.11. The number of rotatable bonds is 11. The van der Waals surface area contributed by atoms with Crippen molar-refractivity contribution in [2.75, 3.05) is 27.1 Å². The molecule has 1 aromatic carbocycles. The molecule has 1 heterocycles. The van der Waals surface area contributed by atoms with Crippen LogP contribution in [0.15, 0.2) is 46.8 Å². The summed E-state index contributed by atoms with van der Waals surface area (Å²) in [7, 11) is -1.40. The van der Waals surface area contributed by atoms with Crippen LogP contribution >= 0.6 is 8.60 Å². The fourth-order valence-corrected chi connectivity index (χ4v) is 3.92. The first kappa shape index (κ1) is 30.8. The van der Waals surface area contributed by atoms with E-state index in [1.54, 1.807) is 13.8 Å². The number of non-ortho nitro benzene ring substituents is 1. The number of hydrogen-bond donors (Lipinski definition) is 2. The van der Waals surface area contributed by atoms with Gasteiger partial charge in [0, 0.05) is 30.6 Å². The first-order chi connectivity index (χ1) is 17.9. The molecule has 38 heavy (non-hydrogen) atoms. The summed E-state index contributed by atoms with van der Waals surface area (Å²) in [5.41, 5.74) is -0.402. The zero-order valence-corrected chi connectivity index (χ0v) is 22.3. The standard InChI is InChI=1S/C23H29N2O12P/c1-13(2)37-22(27)19-15(4)24(23(28)35-12-36-38(31)32)14(3)18(21(26)34-10-9-33-5)20(19)16-7-6-8-17(11-16)25(29)30/h6-8,11,13,20,31-32H,9-10,12H2,1-5H3. The topological polar surface area (TPSA) is 184 Å². The Labute approximate surface area is 219 Å². The van der Waals surface area contributed by atoms with E-state index < -0.39 is 50.4 Å². The normalized spacial score (nSPS) is 15.7. The highest BCUT2D eigenvalue weighted by Crippen LogP contribution is 2.44. The lowest BCUT2D eigenvalue weighted by Crippen LogP contribution is -2.39. The smallest absolute Gasteiger partial charge is 0.420 e. The van der Waals surface area contributed by atoms with Gasteiger partial charge in [-0.1, -0.05) is 12.1 Å². The summed E-state index contributed by atoms with van der Waals surface area (Å²) in [5.74, 6) is -3.01. The van der Waals surface area contributed by atoms with Crippen LogP contribution in [0.3, 0.4) is 0 Å². The Kier molecular flexibility index (Phi) is 11.3. The Bertz CT molecular complexity index is 1130. The highest BCUT2D eigenvalue weighted by Gasteiger charge is 2.43. The van der Waals surface area contributed by atoms with Crippen LogP contribution in [0.4, 0.5) is 10.5 Å². The molecule has 2 N–H and O–H groups in total. The van der Waals surface area contributed by atoms with E-state index in [2.05, 4.69) is 4.52 Å². The van der Waals surface area contributed by atoms with E-state index in [1.807, 2.05) is 0 Å². The molecule has 0 bridgehead atoms. The zero-order valence-electron chi connectivity index (χ0n) is 21.4. The number of methoxy groups -OCH3 is 1. The number of nitro groups is 1. The summed E-state index contributed by atoms with van der Waals surface area (Å²) in [4.78, 5) is 69.3. The van der Waals surface area contributed by atoms with Crippen LogP contribution in [0, 0.1) is 10.1 Å². The molecule has 0 fully saturated rings. The van der Waals surface area contributed by atoms with Gasteiger partial charge in [0.2, 0.25) is 6.79 Å². The number of hydrogen-bond acceptors (Lipinski definition) is 12. The Hall–Kier alpha value is -3.42. The molecule has 1 aliphatic rings. The third-order valence-electron chi connectivity index (χ3n) is 5.28. The van der Waals surface area contributed by atoms with Gasteiger partial charge in [-0.3, -0.25) is 19.5 Å². The zero-order chi connectivity index (χ0) is 28.6. The van der Waals surface area contributed by atoms with Crippen LogP contribution in [-0.4, -0.2) is 70.9 Å². The van der Waals surface area contributed by atoms with Crippen molar-refractivity contribution in [2.24, 2.45) is 0 Å². The van der Waals surface area contributed by atoms with E-state index in [0.717, 1.165) is 4.90 Å². The van der Waals surface area contributed by atoms with Crippen molar-refractivity contribution in [2.45, 2.75) is 39.7 Å². The van der Waals surface area contributed by atoms with Gasteiger partial charge in [0.15, 0.2) is 0 Å². The van der Waals surface area contributed by atoms with Crippen LogP contribution in [0.1, 0.15) is 39.2 Å². The van der Waals surface area contributed by atoms with Crippen LogP contribution in [0.25, 0.3) is 0 Å². The number of allylic oxidation sites excluding steroid dienone is 2. The van der Waals surface area contributed by atoms with Crippen molar-refractivity contribution in [3.63, 3.8) is 0 Å². The maximum atomic E-state index is 13.4. The number of ether oxygens (including phenoxy) is 4. The third-order valence-corrected chi connectivity index (χ3v) is 5.61. The van der Waals surface area contributed by atoms with Crippen molar-refractivity contribution in [3.05, 3.63) is 62.5 Å². The summed E-state index contributed by atoms with van der Waals surface area (Å²) in [6.07, 6.45) is -1.69. The summed E-state index contributed by atoms with van der Waals surface area (Å²) in [5, 5.41) is 11.5. The Morgan fingerprint density at radius 1 is 1.08 bits per heavy atom. The number of carbonyl (C=O) groups is 3. The van der Waals surface area contributed by atoms with Crippen molar-refractivity contribution in [1.29, 1.82) is 0 Å².